The van der Waals surface area contributed by atoms with Crippen molar-refractivity contribution in [3.8, 4) is 0 Å². The highest BCUT2D eigenvalue weighted by atomic mass is 16.4. The molecule has 0 bridgehead atoms. The first-order chi connectivity index (χ1) is 7.56. The first kappa shape index (κ1) is 11.6. The third-order valence-electron chi connectivity index (χ3n) is 3.14. The number of piperidine rings is 1. The molecular weight excluding hydrogens is 202 g/mol. The summed E-state index contributed by atoms with van der Waals surface area (Å²) in [5.74, 6) is 2.32. The molecule has 1 aliphatic heterocycles. The molecule has 0 aliphatic carbocycles. The standard InChI is InChI=1S/C12H21N3O/c1-7(2)11-14-15-12(16-11)10-5-8(3)13-9(4)6-10/h7-10,13H,5-6H2,1-4H3/t8-,9-/m1/s1. The Kier molecular flexibility index (Phi) is 3.28. The maximum absolute atomic E-state index is 5.73. The first-order valence-electron chi connectivity index (χ1n) is 6.15. The van der Waals surface area contributed by atoms with E-state index in [2.05, 4.69) is 43.2 Å². The molecule has 0 saturated carbocycles. The minimum atomic E-state index is 0.317. The molecule has 0 amide bonds. The molecule has 0 spiro atoms. The van der Waals surface area contributed by atoms with Crippen molar-refractivity contribution in [1.29, 1.82) is 0 Å². The number of nitrogens with zero attached hydrogens (tertiary/aromatic N) is 2. The van der Waals surface area contributed by atoms with Gasteiger partial charge in [-0.3, -0.25) is 0 Å². The summed E-state index contributed by atoms with van der Waals surface area (Å²) < 4.78 is 5.73. The van der Waals surface area contributed by atoms with Crippen molar-refractivity contribution in [3.63, 3.8) is 0 Å². The number of aromatic nitrogens is 2. The first-order valence-corrected chi connectivity index (χ1v) is 6.15. The lowest BCUT2D eigenvalue weighted by Gasteiger charge is -2.30. The van der Waals surface area contributed by atoms with Crippen LogP contribution in [0, 0.1) is 0 Å². The summed E-state index contributed by atoms with van der Waals surface area (Å²) in [7, 11) is 0. The van der Waals surface area contributed by atoms with Gasteiger partial charge in [-0.1, -0.05) is 13.8 Å². The van der Waals surface area contributed by atoms with E-state index >= 15 is 0 Å². The SMILES string of the molecule is CC(C)c1nnc(C2C[C@@H](C)N[C@H](C)C2)o1. The Bertz CT molecular complexity index is 338. The zero-order valence-corrected chi connectivity index (χ0v) is 10.5. The predicted molar refractivity (Wildman–Crippen MR) is 62.4 cm³/mol. The summed E-state index contributed by atoms with van der Waals surface area (Å²) >= 11 is 0. The molecular formula is C12H21N3O. The van der Waals surface area contributed by atoms with Gasteiger partial charge in [-0.25, -0.2) is 0 Å². The molecule has 2 atom stereocenters. The summed E-state index contributed by atoms with van der Waals surface area (Å²) in [6, 6.07) is 1.06. The molecule has 1 aliphatic rings. The van der Waals surface area contributed by atoms with Gasteiger partial charge in [0.05, 0.1) is 0 Å². The van der Waals surface area contributed by atoms with Crippen LogP contribution in [0.15, 0.2) is 4.42 Å². The van der Waals surface area contributed by atoms with E-state index in [-0.39, 0.29) is 0 Å². The van der Waals surface area contributed by atoms with Crippen LogP contribution in [0.5, 0.6) is 0 Å². The third kappa shape index (κ3) is 2.43. The summed E-state index contributed by atoms with van der Waals surface area (Å²) in [5.41, 5.74) is 0. The molecule has 1 aromatic rings. The van der Waals surface area contributed by atoms with Gasteiger partial charge in [-0.2, -0.15) is 0 Å². The average Bonchev–Trinajstić information content (AvgIpc) is 2.64. The van der Waals surface area contributed by atoms with Gasteiger partial charge in [0.25, 0.3) is 0 Å². The molecule has 16 heavy (non-hydrogen) atoms. The number of rotatable bonds is 2. The largest absolute Gasteiger partial charge is 0.425 e. The van der Waals surface area contributed by atoms with Crippen molar-refractivity contribution in [1.82, 2.24) is 15.5 Å². The van der Waals surface area contributed by atoms with Gasteiger partial charge >= 0.3 is 0 Å². The predicted octanol–water partition coefficient (Wildman–Crippen LogP) is 2.44. The van der Waals surface area contributed by atoms with Crippen LogP contribution < -0.4 is 5.32 Å². The summed E-state index contributed by atoms with van der Waals surface area (Å²) in [6.07, 6.45) is 2.17. The molecule has 1 saturated heterocycles. The van der Waals surface area contributed by atoms with Crippen molar-refractivity contribution < 1.29 is 4.42 Å². The Morgan fingerprint density at radius 3 is 2.31 bits per heavy atom. The van der Waals surface area contributed by atoms with E-state index in [1.54, 1.807) is 0 Å². The quantitative estimate of drug-likeness (QED) is 0.836. The normalized spacial score (nSPS) is 30.9. The fourth-order valence-corrected chi connectivity index (χ4v) is 2.42. The van der Waals surface area contributed by atoms with E-state index in [4.69, 9.17) is 4.42 Å². The lowest BCUT2D eigenvalue weighted by molar-refractivity contribution is 0.277. The second-order valence-electron chi connectivity index (χ2n) is 5.27. The van der Waals surface area contributed by atoms with Gasteiger partial charge in [0.2, 0.25) is 11.8 Å². The highest BCUT2D eigenvalue weighted by molar-refractivity contribution is 4.99. The molecule has 2 rings (SSSR count). The van der Waals surface area contributed by atoms with Gasteiger partial charge in [-0.05, 0) is 26.7 Å². The fraction of sp³-hybridized carbons (Fsp3) is 0.833. The topological polar surface area (TPSA) is 51.0 Å². The van der Waals surface area contributed by atoms with Gasteiger partial charge in [0, 0.05) is 23.9 Å². The monoisotopic (exact) mass is 223 g/mol. The Balaban J connectivity index is 2.10. The molecule has 90 valence electrons. The smallest absolute Gasteiger partial charge is 0.219 e. The Hall–Kier alpha value is -0.900. The van der Waals surface area contributed by atoms with Gasteiger partial charge in [0.15, 0.2) is 0 Å². The molecule has 2 heterocycles. The van der Waals surface area contributed by atoms with Crippen LogP contribution in [0.3, 0.4) is 0 Å². The van der Waals surface area contributed by atoms with Gasteiger partial charge in [-0.15, -0.1) is 10.2 Å². The Morgan fingerprint density at radius 1 is 1.19 bits per heavy atom. The Morgan fingerprint density at radius 2 is 1.81 bits per heavy atom. The molecule has 4 heteroatoms. The van der Waals surface area contributed by atoms with Crippen molar-refractivity contribution in [2.75, 3.05) is 0 Å². The number of hydrogen-bond acceptors (Lipinski definition) is 4. The second-order valence-corrected chi connectivity index (χ2v) is 5.27. The van der Waals surface area contributed by atoms with Crippen molar-refractivity contribution in [2.45, 2.75) is 64.5 Å². The maximum Gasteiger partial charge on any atom is 0.219 e. The minimum absolute atomic E-state index is 0.317. The molecule has 1 fully saturated rings. The summed E-state index contributed by atoms with van der Waals surface area (Å²) in [6.45, 7) is 8.57. The van der Waals surface area contributed by atoms with Crippen molar-refractivity contribution in [2.24, 2.45) is 0 Å². The van der Waals surface area contributed by atoms with Crippen LogP contribution in [0.1, 0.15) is 64.2 Å². The van der Waals surface area contributed by atoms with E-state index in [0.717, 1.165) is 24.6 Å². The van der Waals surface area contributed by atoms with Gasteiger partial charge in [0.1, 0.15) is 0 Å². The van der Waals surface area contributed by atoms with Crippen molar-refractivity contribution in [3.05, 3.63) is 11.8 Å². The Labute approximate surface area is 96.8 Å². The van der Waals surface area contributed by atoms with E-state index in [1.807, 2.05) is 0 Å². The summed E-state index contributed by atoms with van der Waals surface area (Å²) in [4.78, 5) is 0. The number of hydrogen-bond donors (Lipinski definition) is 1. The third-order valence-corrected chi connectivity index (χ3v) is 3.14. The minimum Gasteiger partial charge on any atom is -0.425 e. The van der Waals surface area contributed by atoms with Crippen LogP contribution >= 0.6 is 0 Å². The van der Waals surface area contributed by atoms with Gasteiger partial charge < -0.3 is 9.73 Å². The molecule has 1 aromatic heterocycles. The zero-order valence-electron chi connectivity index (χ0n) is 10.5. The average molecular weight is 223 g/mol. The van der Waals surface area contributed by atoms with Crippen LogP contribution in [0.25, 0.3) is 0 Å². The lowest BCUT2D eigenvalue weighted by Crippen LogP contribution is -2.41. The van der Waals surface area contributed by atoms with Crippen LogP contribution in [-0.2, 0) is 0 Å². The highest BCUT2D eigenvalue weighted by Crippen LogP contribution is 2.30. The number of nitrogens with one attached hydrogen (secondary N) is 1. The fourth-order valence-electron chi connectivity index (χ4n) is 2.42. The lowest BCUT2D eigenvalue weighted by atomic mass is 9.89. The maximum atomic E-state index is 5.73. The molecule has 0 unspecified atom stereocenters. The molecule has 0 radical (unpaired) electrons. The second kappa shape index (κ2) is 4.53. The molecule has 4 nitrogen and oxygen atoms in total. The van der Waals surface area contributed by atoms with Crippen molar-refractivity contribution >= 4 is 0 Å². The van der Waals surface area contributed by atoms with Crippen LogP contribution in [-0.4, -0.2) is 22.3 Å². The van der Waals surface area contributed by atoms with E-state index < -0.39 is 0 Å². The van der Waals surface area contributed by atoms with Crippen LogP contribution in [0.4, 0.5) is 0 Å². The van der Waals surface area contributed by atoms with Crippen LogP contribution in [0.2, 0.25) is 0 Å². The van der Waals surface area contributed by atoms with E-state index in [0.29, 0.717) is 23.9 Å². The molecule has 1 N–H and O–H groups in total. The van der Waals surface area contributed by atoms with E-state index in [1.165, 1.54) is 0 Å². The molecule has 0 aromatic carbocycles. The van der Waals surface area contributed by atoms with E-state index in [9.17, 15) is 0 Å². The zero-order chi connectivity index (χ0) is 11.7. The summed E-state index contributed by atoms with van der Waals surface area (Å²) in [5, 5.41) is 11.8. The highest BCUT2D eigenvalue weighted by Gasteiger charge is 2.28.